The lowest BCUT2D eigenvalue weighted by Gasteiger charge is -2.19. The summed E-state index contributed by atoms with van der Waals surface area (Å²) in [5, 5.41) is 9.26. The second kappa shape index (κ2) is 4.73. The number of rotatable bonds is 1. The van der Waals surface area contributed by atoms with Gasteiger partial charge in [0.2, 0.25) is 0 Å². The van der Waals surface area contributed by atoms with Crippen molar-refractivity contribution >= 4 is 11.7 Å². The molecule has 3 nitrogen and oxygen atoms in total. The molecule has 1 unspecified atom stereocenters. The topological polar surface area (TPSA) is 53.0 Å². The lowest BCUT2D eigenvalue weighted by Crippen LogP contribution is -2.30. The smallest absolute Gasteiger partial charge is 0.311 e. The van der Waals surface area contributed by atoms with Crippen molar-refractivity contribution in [1.29, 1.82) is 5.41 Å². The van der Waals surface area contributed by atoms with E-state index >= 15 is 0 Å². The van der Waals surface area contributed by atoms with Gasteiger partial charge in [-0.15, -0.1) is 0 Å². The zero-order chi connectivity index (χ0) is 13.2. The Balaban J connectivity index is 2.95. The fourth-order valence-corrected chi connectivity index (χ4v) is 1.59. The number of alkyl halides is 3. The number of hydrogen-bond acceptors (Lipinski definition) is 2. The molecule has 0 bridgehead atoms. The highest BCUT2D eigenvalue weighted by Crippen LogP contribution is 2.33. The molecule has 0 heterocycles. The standard InChI is InChI=1S/C11H13F3N2O/c1-6-3-8(10(17)16-7(2)15)5-9(4-6)11(12,13)14/h4-6H,3H2,1-2H3,(H2,15,16,17). The van der Waals surface area contributed by atoms with Gasteiger partial charge in [-0.2, -0.15) is 13.2 Å². The van der Waals surface area contributed by atoms with Gasteiger partial charge in [0.05, 0.1) is 11.4 Å². The van der Waals surface area contributed by atoms with E-state index in [1.807, 2.05) is 0 Å². The van der Waals surface area contributed by atoms with Gasteiger partial charge in [0, 0.05) is 5.57 Å². The molecule has 0 aromatic heterocycles. The quantitative estimate of drug-likeness (QED) is 0.542. The van der Waals surface area contributed by atoms with Gasteiger partial charge in [-0.25, -0.2) is 0 Å². The monoisotopic (exact) mass is 246 g/mol. The highest BCUT2D eigenvalue weighted by Gasteiger charge is 2.35. The second-order valence-corrected chi connectivity index (χ2v) is 4.05. The molecule has 6 heteroatoms. The Bertz CT molecular complexity index is 407. The number of amidine groups is 1. The van der Waals surface area contributed by atoms with E-state index in [4.69, 9.17) is 5.41 Å². The third-order valence-electron chi connectivity index (χ3n) is 2.26. The lowest BCUT2D eigenvalue weighted by molar-refractivity contribution is -0.116. The van der Waals surface area contributed by atoms with Crippen molar-refractivity contribution in [1.82, 2.24) is 5.32 Å². The van der Waals surface area contributed by atoms with Gasteiger partial charge in [0.15, 0.2) is 0 Å². The normalized spacial score (nSPS) is 20.4. The predicted octanol–water partition coefficient (Wildman–Crippen LogP) is 2.55. The Hall–Kier alpha value is -1.59. The molecule has 1 aliphatic carbocycles. The summed E-state index contributed by atoms with van der Waals surface area (Å²) in [5.74, 6) is -1.07. The number of amides is 1. The molecule has 1 rings (SSSR count). The highest BCUT2D eigenvalue weighted by atomic mass is 19.4. The molecule has 2 N–H and O–H groups in total. The number of allylic oxidation sites excluding steroid dienone is 3. The van der Waals surface area contributed by atoms with Crippen LogP contribution in [-0.2, 0) is 4.79 Å². The minimum atomic E-state index is -4.44. The maximum absolute atomic E-state index is 12.5. The van der Waals surface area contributed by atoms with Crippen LogP contribution in [0.25, 0.3) is 0 Å². The minimum Gasteiger partial charge on any atom is -0.311 e. The molecule has 0 radical (unpaired) electrons. The Labute approximate surface area is 96.9 Å². The van der Waals surface area contributed by atoms with Gasteiger partial charge in [0.25, 0.3) is 5.91 Å². The van der Waals surface area contributed by atoms with E-state index in [-0.39, 0.29) is 23.7 Å². The maximum atomic E-state index is 12.5. The fourth-order valence-electron chi connectivity index (χ4n) is 1.59. The lowest BCUT2D eigenvalue weighted by atomic mass is 9.91. The Morgan fingerprint density at radius 3 is 2.59 bits per heavy atom. The average Bonchev–Trinajstić information content (AvgIpc) is 2.14. The summed E-state index contributed by atoms with van der Waals surface area (Å²) in [4.78, 5) is 11.5. The molecule has 0 fully saturated rings. The van der Waals surface area contributed by atoms with Crippen molar-refractivity contribution in [2.45, 2.75) is 26.4 Å². The predicted molar refractivity (Wildman–Crippen MR) is 57.5 cm³/mol. The number of nitrogens with one attached hydrogen (secondary N) is 2. The third kappa shape index (κ3) is 3.72. The van der Waals surface area contributed by atoms with Crippen LogP contribution < -0.4 is 5.32 Å². The van der Waals surface area contributed by atoms with Crippen molar-refractivity contribution in [3.05, 3.63) is 23.3 Å². The molecule has 0 saturated carbocycles. The third-order valence-corrected chi connectivity index (χ3v) is 2.26. The first-order valence-corrected chi connectivity index (χ1v) is 5.06. The van der Waals surface area contributed by atoms with E-state index in [1.54, 1.807) is 6.92 Å². The van der Waals surface area contributed by atoms with E-state index in [0.29, 0.717) is 0 Å². The summed E-state index contributed by atoms with van der Waals surface area (Å²) in [6.07, 6.45) is -2.25. The Morgan fingerprint density at radius 2 is 2.12 bits per heavy atom. The van der Waals surface area contributed by atoms with Crippen LogP contribution in [0.5, 0.6) is 0 Å². The maximum Gasteiger partial charge on any atom is 0.416 e. The van der Waals surface area contributed by atoms with Crippen molar-refractivity contribution in [2.24, 2.45) is 5.92 Å². The van der Waals surface area contributed by atoms with E-state index < -0.39 is 17.7 Å². The highest BCUT2D eigenvalue weighted by molar-refractivity contribution is 6.04. The van der Waals surface area contributed by atoms with Gasteiger partial charge >= 0.3 is 6.18 Å². The molecule has 0 spiro atoms. The summed E-state index contributed by atoms with van der Waals surface area (Å²) < 4.78 is 37.6. The Morgan fingerprint density at radius 1 is 1.53 bits per heavy atom. The van der Waals surface area contributed by atoms with Crippen molar-refractivity contribution in [3.8, 4) is 0 Å². The first-order chi connectivity index (χ1) is 7.70. The second-order valence-electron chi connectivity index (χ2n) is 4.05. The average molecular weight is 246 g/mol. The minimum absolute atomic E-state index is 0.0546. The molecule has 1 atom stereocenters. The number of carbonyl (C=O) groups is 1. The number of halogens is 3. The summed E-state index contributed by atoms with van der Waals surface area (Å²) in [6, 6.07) is 0. The molecular formula is C11H13F3N2O. The van der Waals surface area contributed by atoms with E-state index in [1.165, 1.54) is 6.92 Å². The van der Waals surface area contributed by atoms with Crippen LogP contribution >= 0.6 is 0 Å². The van der Waals surface area contributed by atoms with Gasteiger partial charge in [-0.1, -0.05) is 13.0 Å². The SMILES string of the molecule is CC(=N)NC(=O)C1=CC(C(F)(F)F)=CC(C)C1. The first-order valence-electron chi connectivity index (χ1n) is 5.06. The summed E-state index contributed by atoms with van der Waals surface area (Å²) >= 11 is 0. The summed E-state index contributed by atoms with van der Waals surface area (Å²) in [6.45, 7) is 2.97. The van der Waals surface area contributed by atoms with Gasteiger partial charge in [0.1, 0.15) is 0 Å². The van der Waals surface area contributed by atoms with E-state index in [9.17, 15) is 18.0 Å². The molecule has 1 aliphatic rings. The van der Waals surface area contributed by atoms with Crippen molar-refractivity contribution < 1.29 is 18.0 Å². The van der Waals surface area contributed by atoms with E-state index in [2.05, 4.69) is 5.32 Å². The van der Waals surface area contributed by atoms with Crippen LogP contribution in [0.2, 0.25) is 0 Å². The summed E-state index contributed by atoms with van der Waals surface area (Å²) in [5.41, 5.74) is -0.747. The molecule has 0 aromatic carbocycles. The van der Waals surface area contributed by atoms with Gasteiger partial charge in [-0.05, 0) is 25.3 Å². The van der Waals surface area contributed by atoms with E-state index in [0.717, 1.165) is 12.2 Å². The molecule has 0 aromatic rings. The van der Waals surface area contributed by atoms with Gasteiger partial charge in [-0.3, -0.25) is 10.2 Å². The van der Waals surface area contributed by atoms with Crippen LogP contribution in [0.15, 0.2) is 23.3 Å². The largest absolute Gasteiger partial charge is 0.416 e. The first kappa shape index (κ1) is 13.5. The molecule has 17 heavy (non-hydrogen) atoms. The fraction of sp³-hybridized carbons (Fsp3) is 0.455. The molecule has 0 aliphatic heterocycles. The number of hydrogen-bond donors (Lipinski definition) is 2. The zero-order valence-corrected chi connectivity index (χ0v) is 9.48. The molecule has 1 amide bonds. The van der Waals surface area contributed by atoms with Crippen LogP contribution in [0.3, 0.4) is 0 Å². The van der Waals surface area contributed by atoms with Crippen LogP contribution in [0, 0.1) is 11.3 Å². The Kier molecular flexibility index (Phi) is 3.75. The van der Waals surface area contributed by atoms with Crippen LogP contribution in [0.1, 0.15) is 20.3 Å². The molecule has 94 valence electrons. The molecular weight excluding hydrogens is 233 g/mol. The van der Waals surface area contributed by atoms with Gasteiger partial charge < -0.3 is 5.32 Å². The van der Waals surface area contributed by atoms with Crippen LogP contribution in [-0.4, -0.2) is 17.9 Å². The number of carbonyl (C=O) groups excluding carboxylic acids is 1. The van der Waals surface area contributed by atoms with Crippen LogP contribution in [0.4, 0.5) is 13.2 Å². The summed E-state index contributed by atoms with van der Waals surface area (Å²) in [7, 11) is 0. The van der Waals surface area contributed by atoms with Crippen molar-refractivity contribution in [3.63, 3.8) is 0 Å². The zero-order valence-electron chi connectivity index (χ0n) is 9.48. The molecule has 0 saturated heterocycles. The van der Waals surface area contributed by atoms with Crippen molar-refractivity contribution in [2.75, 3.05) is 0 Å².